The van der Waals surface area contributed by atoms with Gasteiger partial charge in [-0.15, -0.1) is 0 Å². The first-order valence-electron chi connectivity index (χ1n) is 7.56. The first-order valence-corrected chi connectivity index (χ1v) is 9.62. The molecule has 9 heteroatoms. The van der Waals surface area contributed by atoms with Crippen LogP contribution in [0.15, 0.2) is 36.4 Å². The molecule has 1 heterocycles. The van der Waals surface area contributed by atoms with E-state index in [-0.39, 0.29) is 22.4 Å². The standard InChI is InChI=1S/C17H16N2O6S/c1-26(24,25)8-12(9-5-6-13(20)14(21)7-9)19-16(22)10-3-2-4-11(18)15(10)17(19)23/h2-7,12,20-21H,8,18H2,1H3/t12-/m1/s1. The van der Waals surface area contributed by atoms with Crippen molar-refractivity contribution < 1.29 is 28.2 Å². The second-order valence-corrected chi connectivity index (χ2v) is 8.29. The van der Waals surface area contributed by atoms with Crippen molar-refractivity contribution in [2.75, 3.05) is 17.7 Å². The number of benzene rings is 2. The maximum atomic E-state index is 12.8. The lowest BCUT2D eigenvalue weighted by Crippen LogP contribution is -2.37. The second kappa shape index (κ2) is 6.03. The second-order valence-electron chi connectivity index (χ2n) is 6.11. The number of anilines is 1. The molecule has 2 aromatic carbocycles. The van der Waals surface area contributed by atoms with Crippen molar-refractivity contribution in [1.82, 2.24) is 4.90 Å². The van der Waals surface area contributed by atoms with E-state index in [1.54, 1.807) is 0 Å². The minimum atomic E-state index is -3.60. The summed E-state index contributed by atoms with van der Waals surface area (Å²) < 4.78 is 23.8. The molecule has 0 radical (unpaired) electrons. The van der Waals surface area contributed by atoms with E-state index < -0.39 is 44.9 Å². The maximum absolute atomic E-state index is 12.8. The molecule has 0 spiro atoms. The van der Waals surface area contributed by atoms with Crippen molar-refractivity contribution in [1.29, 1.82) is 0 Å². The fourth-order valence-corrected chi connectivity index (χ4v) is 3.88. The van der Waals surface area contributed by atoms with Crippen molar-refractivity contribution in [2.45, 2.75) is 6.04 Å². The lowest BCUT2D eigenvalue weighted by atomic mass is 10.1. The van der Waals surface area contributed by atoms with Crippen LogP contribution in [0.1, 0.15) is 32.3 Å². The van der Waals surface area contributed by atoms with Crippen molar-refractivity contribution in [3.63, 3.8) is 0 Å². The Bertz CT molecular complexity index is 1030. The van der Waals surface area contributed by atoms with Crippen LogP contribution in [0, 0.1) is 0 Å². The third-order valence-electron chi connectivity index (χ3n) is 4.14. The monoisotopic (exact) mass is 376 g/mol. The van der Waals surface area contributed by atoms with Crippen molar-refractivity contribution >= 4 is 27.3 Å². The average molecular weight is 376 g/mol. The molecule has 0 aliphatic carbocycles. The van der Waals surface area contributed by atoms with E-state index in [1.807, 2.05) is 0 Å². The summed E-state index contributed by atoms with van der Waals surface area (Å²) >= 11 is 0. The number of carbonyl (C=O) groups excluding carboxylic acids is 2. The van der Waals surface area contributed by atoms with Crippen LogP contribution in [-0.4, -0.2) is 47.4 Å². The molecule has 3 rings (SSSR count). The van der Waals surface area contributed by atoms with Crippen LogP contribution in [0.4, 0.5) is 5.69 Å². The number of aromatic hydroxyl groups is 2. The minimum Gasteiger partial charge on any atom is -0.504 e. The van der Waals surface area contributed by atoms with E-state index in [0.717, 1.165) is 23.3 Å². The molecular formula is C17H16N2O6S. The fraction of sp³-hybridized carbons (Fsp3) is 0.176. The van der Waals surface area contributed by atoms with Gasteiger partial charge in [-0.1, -0.05) is 12.1 Å². The van der Waals surface area contributed by atoms with E-state index in [1.165, 1.54) is 24.3 Å². The first-order chi connectivity index (χ1) is 12.1. The van der Waals surface area contributed by atoms with Gasteiger partial charge in [0.15, 0.2) is 11.5 Å². The number of carbonyl (C=O) groups is 2. The summed E-state index contributed by atoms with van der Waals surface area (Å²) in [6, 6.07) is 6.90. The summed E-state index contributed by atoms with van der Waals surface area (Å²) in [4.78, 5) is 26.4. The van der Waals surface area contributed by atoms with Crippen molar-refractivity contribution in [2.24, 2.45) is 0 Å². The average Bonchev–Trinajstić information content (AvgIpc) is 2.80. The molecule has 26 heavy (non-hydrogen) atoms. The van der Waals surface area contributed by atoms with Gasteiger partial charge in [0.05, 0.1) is 22.9 Å². The molecule has 8 nitrogen and oxygen atoms in total. The number of fused-ring (bicyclic) bond motifs is 1. The molecule has 0 fully saturated rings. The zero-order chi connectivity index (χ0) is 19.2. The third kappa shape index (κ3) is 2.97. The summed E-state index contributed by atoms with van der Waals surface area (Å²) in [5.41, 5.74) is 6.24. The zero-order valence-corrected chi connectivity index (χ0v) is 14.5. The smallest absolute Gasteiger partial charge is 0.264 e. The Hall–Kier alpha value is -3.07. The molecule has 2 amide bonds. The normalized spacial score (nSPS) is 15.2. The number of hydrogen-bond donors (Lipinski definition) is 3. The highest BCUT2D eigenvalue weighted by atomic mass is 32.2. The molecule has 0 saturated carbocycles. The predicted molar refractivity (Wildman–Crippen MR) is 93.6 cm³/mol. The predicted octanol–water partition coefficient (Wildman–Crippen LogP) is 1.06. The van der Waals surface area contributed by atoms with Gasteiger partial charge in [-0.25, -0.2) is 8.42 Å². The van der Waals surface area contributed by atoms with Crippen molar-refractivity contribution in [3.8, 4) is 11.5 Å². The number of nitrogen functional groups attached to an aromatic ring is 1. The lowest BCUT2D eigenvalue weighted by Gasteiger charge is -2.26. The molecule has 4 N–H and O–H groups in total. The molecular weight excluding hydrogens is 360 g/mol. The lowest BCUT2D eigenvalue weighted by molar-refractivity contribution is 0.0598. The van der Waals surface area contributed by atoms with Crippen LogP contribution in [0.5, 0.6) is 11.5 Å². The Labute approximate surface area is 149 Å². The molecule has 0 bridgehead atoms. The Morgan fingerprint density at radius 1 is 1.08 bits per heavy atom. The molecule has 1 aliphatic heterocycles. The highest BCUT2D eigenvalue weighted by molar-refractivity contribution is 7.90. The number of nitrogens with zero attached hydrogens (tertiary/aromatic N) is 1. The Morgan fingerprint density at radius 3 is 2.35 bits per heavy atom. The quantitative estimate of drug-likeness (QED) is 0.412. The Balaban J connectivity index is 2.14. The SMILES string of the molecule is CS(=O)(=O)C[C@H](c1ccc(O)c(O)c1)N1C(=O)c2cccc(N)c2C1=O. The summed E-state index contributed by atoms with van der Waals surface area (Å²) in [6.07, 6.45) is 0.979. The minimum absolute atomic E-state index is 0.0269. The van der Waals surface area contributed by atoms with Crippen LogP contribution < -0.4 is 5.73 Å². The van der Waals surface area contributed by atoms with Gasteiger partial charge < -0.3 is 15.9 Å². The molecule has 0 saturated heterocycles. The largest absolute Gasteiger partial charge is 0.504 e. The van der Waals surface area contributed by atoms with E-state index in [0.29, 0.717) is 0 Å². The van der Waals surface area contributed by atoms with E-state index in [9.17, 15) is 28.2 Å². The van der Waals surface area contributed by atoms with Gasteiger partial charge in [0.25, 0.3) is 11.8 Å². The molecule has 0 aromatic heterocycles. The summed E-state index contributed by atoms with van der Waals surface area (Å²) in [6.45, 7) is 0. The topological polar surface area (TPSA) is 138 Å². The highest BCUT2D eigenvalue weighted by Crippen LogP contribution is 2.37. The van der Waals surface area contributed by atoms with Gasteiger partial charge in [-0.3, -0.25) is 14.5 Å². The summed E-state index contributed by atoms with van der Waals surface area (Å²) in [5.74, 6) is -2.80. The van der Waals surface area contributed by atoms with Gasteiger partial charge in [-0.05, 0) is 29.8 Å². The maximum Gasteiger partial charge on any atom is 0.264 e. The number of phenolic OH excluding ortho intramolecular Hbond substituents is 2. The van der Waals surface area contributed by atoms with E-state index in [2.05, 4.69) is 0 Å². The van der Waals surface area contributed by atoms with Crippen molar-refractivity contribution in [3.05, 3.63) is 53.1 Å². The van der Waals surface area contributed by atoms with E-state index >= 15 is 0 Å². The number of imide groups is 1. The molecule has 1 atom stereocenters. The van der Waals surface area contributed by atoms with Crippen LogP contribution in [-0.2, 0) is 9.84 Å². The van der Waals surface area contributed by atoms with E-state index in [4.69, 9.17) is 5.73 Å². The van der Waals surface area contributed by atoms with Crippen LogP contribution in [0.25, 0.3) is 0 Å². The number of hydrogen-bond acceptors (Lipinski definition) is 7. The fourth-order valence-electron chi connectivity index (χ4n) is 2.97. The molecule has 0 unspecified atom stereocenters. The number of rotatable bonds is 4. The number of nitrogens with two attached hydrogens (primary N) is 1. The Morgan fingerprint density at radius 2 is 1.77 bits per heavy atom. The zero-order valence-electron chi connectivity index (χ0n) is 13.7. The van der Waals surface area contributed by atoms with Gasteiger partial charge >= 0.3 is 0 Å². The van der Waals surface area contributed by atoms with Gasteiger partial charge in [0.2, 0.25) is 0 Å². The third-order valence-corrected chi connectivity index (χ3v) is 5.06. The molecule has 136 valence electrons. The number of phenols is 2. The Kier molecular flexibility index (Phi) is 4.11. The van der Waals surface area contributed by atoms with Gasteiger partial charge in [0, 0.05) is 11.9 Å². The van der Waals surface area contributed by atoms with Gasteiger partial charge in [-0.2, -0.15) is 0 Å². The number of sulfone groups is 1. The highest BCUT2D eigenvalue weighted by Gasteiger charge is 2.42. The molecule has 2 aromatic rings. The first kappa shape index (κ1) is 17.7. The van der Waals surface area contributed by atoms with Crippen LogP contribution in [0.3, 0.4) is 0 Å². The molecule has 1 aliphatic rings. The van der Waals surface area contributed by atoms with Crippen LogP contribution >= 0.6 is 0 Å². The summed E-state index contributed by atoms with van der Waals surface area (Å²) in [5, 5.41) is 19.2. The van der Waals surface area contributed by atoms with Gasteiger partial charge in [0.1, 0.15) is 9.84 Å². The summed E-state index contributed by atoms with van der Waals surface area (Å²) in [7, 11) is -3.60. The number of amides is 2. The van der Waals surface area contributed by atoms with Crippen LogP contribution in [0.2, 0.25) is 0 Å².